The minimum Gasteiger partial charge on any atom is -0.383 e. The summed E-state index contributed by atoms with van der Waals surface area (Å²) in [5.41, 5.74) is 0. The highest BCUT2D eigenvalue weighted by Gasteiger charge is 2.01. The Bertz CT molecular complexity index is 273. The lowest BCUT2D eigenvalue weighted by Crippen LogP contribution is -2.32. The number of rotatable bonds is 7. The second-order valence-electron chi connectivity index (χ2n) is 3.70. The lowest BCUT2D eigenvalue weighted by Gasteiger charge is -2.13. The van der Waals surface area contributed by atoms with Gasteiger partial charge >= 0.3 is 0 Å². The summed E-state index contributed by atoms with van der Waals surface area (Å²) in [6.45, 7) is 6.92. The first-order valence-corrected chi connectivity index (χ1v) is 5.50. The Morgan fingerprint density at radius 1 is 1.60 bits per heavy atom. The molecule has 1 N–H and O–H groups in total. The fourth-order valence-electron chi connectivity index (χ4n) is 1.60. The normalized spacial score (nSPS) is 13.0. The third kappa shape index (κ3) is 4.01. The first-order chi connectivity index (χ1) is 7.27. The van der Waals surface area contributed by atoms with Gasteiger partial charge in [0, 0.05) is 45.1 Å². The third-order valence-corrected chi connectivity index (χ3v) is 2.38. The number of nitrogens with one attached hydrogen (secondary N) is 1. The van der Waals surface area contributed by atoms with Crippen molar-refractivity contribution in [3.8, 4) is 0 Å². The average molecular weight is 211 g/mol. The Kier molecular flexibility index (Phi) is 5.36. The Morgan fingerprint density at radius 2 is 2.40 bits per heavy atom. The molecule has 0 fully saturated rings. The smallest absolute Gasteiger partial charge is 0.108 e. The molecule has 0 saturated carbocycles. The second-order valence-corrected chi connectivity index (χ2v) is 3.70. The van der Waals surface area contributed by atoms with Crippen LogP contribution in [0, 0.1) is 0 Å². The quantitative estimate of drug-likeness (QED) is 0.733. The molecule has 0 aliphatic carbocycles. The van der Waals surface area contributed by atoms with E-state index in [-0.39, 0.29) is 0 Å². The lowest BCUT2D eigenvalue weighted by atomic mass is 10.3. The van der Waals surface area contributed by atoms with Crippen molar-refractivity contribution in [1.82, 2.24) is 14.9 Å². The van der Waals surface area contributed by atoms with Gasteiger partial charge in [0.25, 0.3) is 0 Å². The Balaban J connectivity index is 2.25. The van der Waals surface area contributed by atoms with Gasteiger partial charge in [-0.1, -0.05) is 6.92 Å². The van der Waals surface area contributed by atoms with Crippen molar-refractivity contribution in [2.45, 2.75) is 32.9 Å². The van der Waals surface area contributed by atoms with E-state index >= 15 is 0 Å². The molecule has 0 radical (unpaired) electrons. The minimum absolute atomic E-state index is 0.406. The lowest BCUT2D eigenvalue weighted by molar-refractivity contribution is 0.172. The number of imidazole rings is 1. The molecule has 1 unspecified atom stereocenters. The molecule has 1 aromatic rings. The van der Waals surface area contributed by atoms with E-state index in [4.69, 9.17) is 4.74 Å². The van der Waals surface area contributed by atoms with Gasteiger partial charge in [-0.3, -0.25) is 0 Å². The molecule has 1 atom stereocenters. The monoisotopic (exact) mass is 211 g/mol. The van der Waals surface area contributed by atoms with E-state index in [1.54, 1.807) is 7.11 Å². The summed E-state index contributed by atoms with van der Waals surface area (Å²) in [5.74, 6) is 1.15. The van der Waals surface area contributed by atoms with Crippen LogP contribution in [-0.4, -0.2) is 35.9 Å². The van der Waals surface area contributed by atoms with Crippen molar-refractivity contribution in [2.24, 2.45) is 0 Å². The predicted molar refractivity (Wildman–Crippen MR) is 60.9 cm³/mol. The molecule has 4 heteroatoms. The van der Waals surface area contributed by atoms with Crippen molar-refractivity contribution < 1.29 is 4.74 Å². The summed E-state index contributed by atoms with van der Waals surface area (Å²) in [6.07, 6.45) is 4.87. The van der Waals surface area contributed by atoms with E-state index in [2.05, 4.69) is 28.7 Å². The fourth-order valence-corrected chi connectivity index (χ4v) is 1.60. The third-order valence-electron chi connectivity index (χ3n) is 2.38. The summed E-state index contributed by atoms with van der Waals surface area (Å²) in [7, 11) is 1.73. The van der Waals surface area contributed by atoms with Gasteiger partial charge in [0.2, 0.25) is 0 Å². The summed E-state index contributed by atoms with van der Waals surface area (Å²) >= 11 is 0. The van der Waals surface area contributed by atoms with Crippen LogP contribution >= 0.6 is 0 Å². The first kappa shape index (κ1) is 12.2. The summed E-state index contributed by atoms with van der Waals surface area (Å²) in [4.78, 5) is 4.28. The van der Waals surface area contributed by atoms with Crippen molar-refractivity contribution in [3.05, 3.63) is 18.2 Å². The molecule has 0 amide bonds. The van der Waals surface area contributed by atoms with E-state index in [1.807, 2.05) is 12.4 Å². The largest absolute Gasteiger partial charge is 0.383 e. The van der Waals surface area contributed by atoms with Gasteiger partial charge in [-0.25, -0.2) is 4.98 Å². The van der Waals surface area contributed by atoms with Gasteiger partial charge in [-0.2, -0.15) is 0 Å². The molecule has 0 aliphatic rings. The number of hydrogen-bond acceptors (Lipinski definition) is 3. The second kappa shape index (κ2) is 6.58. The Hall–Kier alpha value is -0.870. The molecule has 86 valence electrons. The van der Waals surface area contributed by atoms with Gasteiger partial charge in [-0.15, -0.1) is 0 Å². The minimum atomic E-state index is 0.406. The highest BCUT2D eigenvalue weighted by Crippen LogP contribution is 1.97. The number of aryl methyl sites for hydroxylation is 1. The maximum Gasteiger partial charge on any atom is 0.108 e. The average Bonchev–Trinajstić information content (AvgIpc) is 2.66. The SMILES string of the molecule is CCc1nccn1CCNC(C)COC. The zero-order valence-corrected chi connectivity index (χ0v) is 9.86. The first-order valence-electron chi connectivity index (χ1n) is 5.50. The van der Waals surface area contributed by atoms with Gasteiger partial charge in [0.05, 0.1) is 6.61 Å². The van der Waals surface area contributed by atoms with Crippen molar-refractivity contribution in [3.63, 3.8) is 0 Å². The predicted octanol–water partition coefficient (Wildman–Crippen LogP) is 1.07. The molecular formula is C11H21N3O. The van der Waals surface area contributed by atoms with Crippen LogP contribution in [0.3, 0.4) is 0 Å². The molecule has 1 aromatic heterocycles. The zero-order valence-electron chi connectivity index (χ0n) is 9.86. The zero-order chi connectivity index (χ0) is 11.1. The Morgan fingerprint density at radius 3 is 3.07 bits per heavy atom. The van der Waals surface area contributed by atoms with Crippen LogP contribution in [0.1, 0.15) is 19.7 Å². The molecule has 4 nitrogen and oxygen atoms in total. The fraction of sp³-hybridized carbons (Fsp3) is 0.727. The topological polar surface area (TPSA) is 39.1 Å². The highest BCUT2D eigenvalue weighted by atomic mass is 16.5. The molecule has 0 bridgehead atoms. The molecule has 0 aliphatic heterocycles. The van der Waals surface area contributed by atoms with Crippen LogP contribution in [0.2, 0.25) is 0 Å². The van der Waals surface area contributed by atoms with E-state index < -0.39 is 0 Å². The van der Waals surface area contributed by atoms with Crippen LogP contribution < -0.4 is 5.32 Å². The number of aromatic nitrogens is 2. The van der Waals surface area contributed by atoms with Crippen LogP contribution in [0.5, 0.6) is 0 Å². The maximum absolute atomic E-state index is 5.05. The molecule has 15 heavy (non-hydrogen) atoms. The highest BCUT2D eigenvalue weighted by molar-refractivity contribution is 4.91. The number of methoxy groups -OCH3 is 1. The van der Waals surface area contributed by atoms with Crippen molar-refractivity contribution in [1.29, 1.82) is 0 Å². The summed E-state index contributed by atoms with van der Waals surface area (Å²) in [5, 5.41) is 3.40. The molecule has 0 spiro atoms. The van der Waals surface area contributed by atoms with Crippen LogP contribution in [-0.2, 0) is 17.7 Å². The maximum atomic E-state index is 5.05. The number of nitrogens with zero attached hydrogens (tertiary/aromatic N) is 2. The van der Waals surface area contributed by atoms with Gasteiger partial charge in [0.1, 0.15) is 5.82 Å². The van der Waals surface area contributed by atoms with E-state index in [1.165, 1.54) is 0 Å². The molecule has 1 rings (SSSR count). The number of hydrogen-bond donors (Lipinski definition) is 1. The number of ether oxygens (including phenoxy) is 1. The summed E-state index contributed by atoms with van der Waals surface area (Å²) < 4.78 is 7.24. The molecule has 0 saturated heterocycles. The van der Waals surface area contributed by atoms with E-state index in [9.17, 15) is 0 Å². The van der Waals surface area contributed by atoms with E-state index in [0.29, 0.717) is 6.04 Å². The molecule has 0 aromatic carbocycles. The van der Waals surface area contributed by atoms with Gasteiger partial charge in [0.15, 0.2) is 0 Å². The van der Waals surface area contributed by atoms with Crippen LogP contribution in [0.25, 0.3) is 0 Å². The van der Waals surface area contributed by atoms with Gasteiger partial charge < -0.3 is 14.6 Å². The molecular weight excluding hydrogens is 190 g/mol. The standard InChI is InChI=1S/C11H21N3O/c1-4-11-13-6-8-14(11)7-5-12-10(2)9-15-3/h6,8,10,12H,4-5,7,9H2,1-3H3. The van der Waals surface area contributed by atoms with Crippen molar-refractivity contribution >= 4 is 0 Å². The Labute approximate surface area is 91.7 Å². The van der Waals surface area contributed by atoms with E-state index in [0.717, 1.165) is 31.9 Å². The van der Waals surface area contributed by atoms with Crippen molar-refractivity contribution in [2.75, 3.05) is 20.3 Å². The van der Waals surface area contributed by atoms with Crippen LogP contribution in [0.15, 0.2) is 12.4 Å². The summed E-state index contributed by atoms with van der Waals surface area (Å²) in [6, 6.07) is 0.406. The van der Waals surface area contributed by atoms with Crippen LogP contribution in [0.4, 0.5) is 0 Å². The van der Waals surface area contributed by atoms with Gasteiger partial charge in [-0.05, 0) is 6.92 Å². The molecule has 1 heterocycles.